The van der Waals surface area contributed by atoms with E-state index in [0.29, 0.717) is 13.1 Å². The van der Waals surface area contributed by atoms with Gasteiger partial charge < -0.3 is 5.73 Å². The van der Waals surface area contributed by atoms with Crippen LogP contribution in [-0.4, -0.2) is 18.5 Å². The van der Waals surface area contributed by atoms with Crippen molar-refractivity contribution < 1.29 is 8.78 Å². The number of hydrogen-bond donors (Lipinski definition) is 1. The van der Waals surface area contributed by atoms with Gasteiger partial charge in [0.15, 0.2) is 0 Å². The predicted octanol–water partition coefficient (Wildman–Crippen LogP) is 3.86. The lowest BCUT2D eigenvalue weighted by molar-refractivity contribution is 0.240. The van der Waals surface area contributed by atoms with E-state index >= 15 is 0 Å². The zero-order valence-corrected chi connectivity index (χ0v) is 13.3. The Morgan fingerprint density at radius 3 is 2.33 bits per heavy atom. The molecule has 0 aliphatic heterocycles. The maximum absolute atomic E-state index is 13.5. The first-order chi connectivity index (χ1) is 10.0. The standard InChI is InChI=1S/C16H17BrF2N2/c1-21(10-11-2-4-12(18)5-3-11)16(9-20)14-8-13(19)6-7-15(14)17/h2-8,16H,9-10,20H2,1H3. The zero-order chi connectivity index (χ0) is 15.4. The van der Waals surface area contributed by atoms with Gasteiger partial charge in [0.2, 0.25) is 0 Å². The molecule has 5 heteroatoms. The lowest BCUT2D eigenvalue weighted by atomic mass is 10.0. The molecule has 0 aromatic heterocycles. The van der Waals surface area contributed by atoms with Crippen molar-refractivity contribution in [3.8, 4) is 0 Å². The largest absolute Gasteiger partial charge is 0.329 e. The molecule has 2 aromatic rings. The first kappa shape index (κ1) is 16.1. The summed E-state index contributed by atoms with van der Waals surface area (Å²) in [6, 6.07) is 10.8. The molecule has 0 spiro atoms. The quantitative estimate of drug-likeness (QED) is 0.883. The third-order valence-electron chi connectivity index (χ3n) is 3.42. The second kappa shape index (κ2) is 7.11. The van der Waals surface area contributed by atoms with Gasteiger partial charge in [0.05, 0.1) is 0 Å². The molecule has 0 radical (unpaired) electrons. The Balaban J connectivity index is 2.20. The Labute approximate surface area is 131 Å². The summed E-state index contributed by atoms with van der Waals surface area (Å²) in [5.74, 6) is -0.550. The summed E-state index contributed by atoms with van der Waals surface area (Å²) in [6.45, 7) is 0.963. The van der Waals surface area contributed by atoms with Crippen LogP contribution in [0.3, 0.4) is 0 Å². The smallest absolute Gasteiger partial charge is 0.123 e. The molecule has 2 nitrogen and oxygen atoms in total. The predicted molar refractivity (Wildman–Crippen MR) is 83.8 cm³/mol. The van der Waals surface area contributed by atoms with Crippen LogP contribution in [0.1, 0.15) is 17.2 Å². The Bertz CT molecular complexity index is 602. The number of nitrogens with zero attached hydrogens (tertiary/aromatic N) is 1. The van der Waals surface area contributed by atoms with Gasteiger partial charge in [-0.3, -0.25) is 4.90 Å². The van der Waals surface area contributed by atoms with Crippen molar-refractivity contribution in [3.63, 3.8) is 0 Å². The van der Waals surface area contributed by atoms with Gasteiger partial charge in [-0.05, 0) is 48.5 Å². The fourth-order valence-electron chi connectivity index (χ4n) is 2.30. The first-order valence-electron chi connectivity index (χ1n) is 6.61. The highest BCUT2D eigenvalue weighted by Gasteiger charge is 2.19. The van der Waals surface area contributed by atoms with Crippen LogP contribution >= 0.6 is 15.9 Å². The van der Waals surface area contributed by atoms with E-state index in [2.05, 4.69) is 15.9 Å². The fraction of sp³-hybridized carbons (Fsp3) is 0.250. The van der Waals surface area contributed by atoms with E-state index < -0.39 is 0 Å². The second-order valence-corrected chi connectivity index (χ2v) is 5.81. The van der Waals surface area contributed by atoms with Crippen molar-refractivity contribution in [2.24, 2.45) is 5.73 Å². The van der Waals surface area contributed by atoms with Crippen LogP contribution in [0, 0.1) is 11.6 Å². The molecular formula is C16H17BrF2N2. The molecule has 0 saturated heterocycles. The molecule has 0 aliphatic carbocycles. The van der Waals surface area contributed by atoms with E-state index in [-0.39, 0.29) is 17.7 Å². The molecule has 112 valence electrons. The van der Waals surface area contributed by atoms with Gasteiger partial charge in [0, 0.05) is 23.6 Å². The molecule has 2 rings (SSSR count). The van der Waals surface area contributed by atoms with Crippen molar-refractivity contribution in [1.29, 1.82) is 0 Å². The lowest BCUT2D eigenvalue weighted by Gasteiger charge is -2.28. The molecule has 0 amide bonds. The van der Waals surface area contributed by atoms with Crippen LogP contribution in [-0.2, 0) is 6.54 Å². The average molecular weight is 355 g/mol. The minimum absolute atomic E-state index is 0.125. The summed E-state index contributed by atoms with van der Waals surface area (Å²) in [6.07, 6.45) is 0. The molecule has 2 N–H and O–H groups in total. The highest BCUT2D eigenvalue weighted by atomic mass is 79.9. The third-order valence-corrected chi connectivity index (χ3v) is 4.14. The fourth-order valence-corrected chi connectivity index (χ4v) is 2.81. The van der Waals surface area contributed by atoms with Gasteiger partial charge in [-0.15, -0.1) is 0 Å². The molecular weight excluding hydrogens is 338 g/mol. The highest BCUT2D eigenvalue weighted by Crippen LogP contribution is 2.28. The van der Waals surface area contributed by atoms with Crippen molar-refractivity contribution in [2.45, 2.75) is 12.6 Å². The molecule has 2 aromatic carbocycles. The normalized spacial score (nSPS) is 12.7. The Morgan fingerprint density at radius 2 is 1.71 bits per heavy atom. The summed E-state index contributed by atoms with van der Waals surface area (Å²) < 4.78 is 27.2. The maximum atomic E-state index is 13.5. The van der Waals surface area contributed by atoms with Crippen LogP contribution in [0.5, 0.6) is 0 Å². The van der Waals surface area contributed by atoms with E-state index in [9.17, 15) is 8.78 Å². The Kier molecular flexibility index (Phi) is 5.45. The zero-order valence-electron chi connectivity index (χ0n) is 11.7. The van der Waals surface area contributed by atoms with E-state index in [0.717, 1.165) is 15.6 Å². The van der Waals surface area contributed by atoms with Gasteiger partial charge in [-0.2, -0.15) is 0 Å². The molecule has 0 fully saturated rings. The highest BCUT2D eigenvalue weighted by molar-refractivity contribution is 9.10. The summed E-state index contributed by atoms with van der Waals surface area (Å²) in [4.78, 5) is 2.02. The van der Waals surface area contributed by atoms with Crippen LogP contribution in [0.4, 0.5) is 8.78 Å². The molecule has 1 atom stereocenters. The van der Waals surface area contributed by atoms with Crippen LogP contribution in [0.15, 0.2) is 46.9 Å². The van der Waals surface area contributed by atoms with Crippen LogP contribution in [0.2, 0.25) is 0 Å². The number of likely N-dealkylation sites (N-methyl/N-ethyl adjacent to an activating group) is 1. The molecule has 0 saturated carbocycles. The number of hydrogen-bond acceptors (Lipinski definition) is 2. The van der Waals surface area contributed by atoms with Gasteiger partial charge in [-0.25, -0.2) is 8.78 Å². The van der Waals surface area contributed by atoms with Gasteiger partial charge in [0.25, 0.3) is 0 Å². The van der Waals surface area contributed by atoms with Crippen molar-refractivity contribution in [2.75, 3.05) is 13.6 Å². The number of halogens is 3. The summed E-state index contributed by atoms with van der Waals surface area (Å²) in [7, 11) is 1.91. The number of nitrogens with two attached hydrogens (primary N) is 1. The van der Waals surface area contributed by atoms with Gasteiger partial charge in [-0.1, -0.05) is 28.1 Å². The van der Waals surface area contributed by atoms with Crippen LogP contribution in [0.25, 0.3) is 0 Å². The van der Waals surface area contributed by atoms with Crippen molar-refractivity contribution in [3.05, 3.63) is 69.7 Å². The van der Waals surface area contributed by atoms with E-state index in [4.69, 9.17) is 5.73 Å². The molecule has 0 aliphatic rings. The topological polar surface area (TPSA) is 29.3 Å². The first-order valence-corrected chi connectivity index (χ1v) is 7.40. The Morgan fingerprint density at radius 1 is 1.10 bits per heavy atom. The molecule has 1 unspecified atom stereocenters. The van der Waals surface area contributed by atoms with Crippen LogP contribution < -0.4 is 5.73 Å². The van der Waals surface area contributed by atoms with Gasteiger partial charge in [0.1, 0.15) is 11.6 Å². The number of benzene rings is 2. The lowest BCUT2D eigenvalue weighted by Crippen LogP contribution is -2.30. The average Bonchev–Trinajstić information content (AvgIpc) is 2.46. The number of rotatable bonds is 5. The molecule has 0 heterocycles. The van der Waals surface area contributed by atoms with E-state index in [1.54, 1.807) is 18.2 Å². The second-order valence-electron chi connectivity index (χ2n) is 4.96. The molecule has 0 bridgehead atoms. The minimum Gasteiger partial charge on any atom is -0.329 e. The summed E-state index contributed by atoms with van der Waals surface area (Å²) >= 11 is 3.44. The SMILES string of the molecule is CN(Cc1ccc(F)cc1)C(CN)c1cc(F)ccc1Br. The molecule has 21 heavy (non-hydrogen) atoms. The van der Waals surface area contributed by atoms with Crippen molar-refractivity contribution in [1.82, 2.24) is 4.90 Å². The third kappa shape index (κ3) is 4.09. The maximum Gasteiger partial charge on any atom is 0.123 e. The summed E-state index contributed by atoms with van der Waals surface area (Å²) in [5, 5.41) is 0. The minimum atomic E-state index is -0.290. The Hall–Kier alpha value is -1.30. The summed E-state index contributed by atoms with van der Waals surface area (Å²) in [5.41, 5.74) is 7.64. The van der Waals surface area contributed by atoms with E-state index in [1.807, 2.05) is 11.9 Å². The van der Waals surface area contributed by atoms with E-state index in [1.165, 1.54) is 24.3 Å². The monoisotopic (exact) mass is 354 g/mol. The van der Waals surface area contributed by atoms with Gasteiger partial charge >= 0.3 is 0 Å². The van der Waals surface area contributed by atoms with Crippen molar-refractivity contribution >= 4 is 15.9 Å².